The average Bonchev–Trinajstić information content (AvgIpc) is 3.37. The van der Waals surface area contributed by atoms with Crippen molar-refractivity contribution in [1.82, 2.24) is 14.8 Å². The van der Waals surface area contributed by atoms with Crippen LogP contribution in [-0.4, -0.2) is 25.5 Å². The third-order valence-electron chi connectivity index (χ3n) is 6.02. The zero-order valence-corrected chi connectivity index (χ0v) is 16.3. The van der Waals surface area contributed by atoms with Crippen LogP contribution in [0.15, 0.2) is 35.3 Å². The van der Waals surface area contributed by atoms with Gasteiger partial charge in [0.15, 0.2) is 5.82 Å². The molecule has 3 aromatic rings. The van der Waals surface area contributed by atoms with Gasteiger partial charge in [-0.1, -0.05) is 6.07 Å². The quantitative estimate of drug-likeness (QED) is 0.621. The molecule has 1 fully saturated rings. The van der Waals surface area contributed by atoms with Gasteiger partial charge < -0.3 is 15.4 Å². The van der Waals surface area contributed by atoms with Crippen molar-refractivity contribution in [3.8, 4) is 6.07 Å². The molecule has 148 valence electrons. The minimum absolute atomic E-state index is 0.0185. The molecule has 5 rings (SSSR count). The van der Waals surface area contributed by atoms with Gasteiger partial charge in [-0.15, -0.1) is 0 Å². The van der Waals surface area contributed by atoms with E-state index in [1.54, 1.807) is 6.20 Å². The highest BCUT2D eigenvalue weighted by Crippen LogP contribution is 2.43. The van der Waals surface area contributed by atoms with Crippen LogP contribution in [0.4, 0.5) is 11.5 Å². The molecule has 1 aromatic carbocycles. The summed E-state index contributed by atoms with van der Waals surface area (Å²) in [6, 6.07) is 10.1. The van der Waals surface area contributed by atoms with Crippen LogP contribution in [0.5, 0.6) is 0 Å². The van der Waals surface area contributed by atoms with Crippen LogP contribution >= 0.6 is 0 Å². The molecule has 3 N–H and O–H groups in total. The van der Waals surface area contributed by atoms with Crippen molar-refractivity contribution >= 4 is 22.4 Å². The summed E-state index contributed by atoms with van der Waals surface area (Å²) in [5.41, 5.74) is 2.93. The van der Waals surface area contributed by atoms with Gasteiger partial charge in [0, 0.05) is 24.7 Å². The normalized spacial score (nSPS) is 21.7. The number of nitrogens with one attached hydrogen (secondary N) is 2. The number of nitrogens with zero attached hydrogens (tertiary/aromatic N) is 3. The Hall–Kier alpha value is -3.11. The van der Waals surface area contributed by atoms with E-state index in [1.807, 2.05) is 35.9 Å². The predicted molar refractivity (Wildman–Crippen MR) is 110 cm³/mol. The molecule has 29 heavy (non-hydrogen) atoms. The fourth-order valence-corrected chi connectivity index (χ4v) is 4.53. The number of hydrogen-bond donors (Lipinski definition) is 3. The van der Waals surface area contributed by atoms with E-state index >= 15 is 0 Å². The fraction of sp³-hybridized carbons (Fsp3) is 0.409. The summed E-state index contributed by atoms with van der Waals surface area (Å²) < 4.78 is 1.85. The number of benzene rings is 1. The standard InChI is InChI=1S/C22H23N5O2/c1-22(29)11-14-4-5-16(10-15(14)12-22)25-20-19-18(7-9-24-21(19)28)27(26-20)17(6-8-23)13-2-3-13/h4-5,7,9-10,13,17,29H,2-3,6,11-12H2,1H3,(H,24,28)(H,25,26)/t17-,22-/m0/s1. The molecule has 2 aromatic heterocycles. The first kappa shape index (κ1) is 18.0. The van der Waals surface area contributed by atoms with E-state index in [0.717, 1.165) is 35.2 Å². The van der Waals surface area contributed by atoms with Crippen LogP contribution in [0.3, 0.4) is 0 Å². The Morgan fingerprint density at radius 2 is 2.17 bits per heavy atom. The Morgan fingerprint density at radius 1 is 1.38 bits per heavy atom. The maximum Gasteiger partial charge on any atom is 0.261 e. The molecule has 0 bridgehead atoms. The SMILES string of the molecule is C[C@]1(O)Cc2ccc(Nc3nn([C@@H](CC#N)C4CC4)c4cc[nH]c(=O)c34)cc2C1. The van der Waals surface area contributed by atoms with Crippen molar-refractivity contribution in [3.05, 3.63) is 51.9 Å². The summed E-state index contributed by atoms with van der Waals surface area (Å²) in [6.45, 7) is 1.85. The Morgan fingerprint density at radius 3 is 2.93 bits per heavy atom. The van der Waals surface area contributed by atoms with Gasteiger partial charge in [-0.25, -0.2) is 0 Å². The van der Waals surface area contributed by atoms with Gasteiger partial charge >= 0.3 is 0 Å². The molecule has 0 spiro atoms. The Labute approximate surface area is 168 Å². The number of hydrogen-bond acceptors (Lipinski definition) is 5. The molecule has 2 aliphatic carbocycles. The molecule has 0 radical (unpaired) electrons. The summed E-state index contributed by atoms with van der Waals surface area (Å²) in [5, 5.41) is 28.2. The van der Waals surface area contributed by atoms with Gasteiger partial charge in [0.05, 0.1) is 29.6 Å². The number of fused-ring (bicyclic) bond motifs is 2. The van der Waals surface area contributed by atoms with E-state index in [2.05, 4.69) is 16.4 Å². The minimum Gasteiger partial charge on any atom is -0.389 e. The lowest BCUT2D eigenvalue weighted by atomic mass is 10.0. The molecule has 0 unspecified atom stereocenters. The second kappa shape index (κ2) is 6.46. The number of aliphatic hydroxyl groups is 1. The first-order valence-corrected chi connectivity index (χ1v) is 10.0. The first-order valence-electron chi connectivity index (χ1n) is 10.0. The molecule has 7 heteroatoms. The summed E-state index contributed by atoms with van der Waals surface area (Å²) in [6.07, 6.45) is 5.44. The summed E-state index contributed by atoms with van der Waals surface area (Å²) in [4.78, 5) is 15.3. The largest absolute Gasteiger partial charge is 0.389 e. The second-order valence-corrected chi connectivity index (χ2v) is 8.59. The maximum absolute atomic E-state index is 12.6. The highest BCUT2D eigenvalue weighted by atomic mass is 16.3. The van der Waals surface area contributed by atoms with Gasteiger partial charge in [-0.3, -0.25) is 9.48 Å². The molecular weight excluding hydrogens is 366 g/mol. The van der Waals surface area contributed by atoms with Crippen molar-refractivity contribution < 1.29 is 5.11 Å². The van der Waals surface area contributed by atoms with Crippen LogP contribution in [0, 0.1) is 17.2 Å². The molecule has 0 saturated heterocycles. The monoisotopic (exact) mass is 389 g/mol. The average molecular weight is 389 g/mol. The number of anilines is 2. The smallest absolute Gasteiger partial charge is 0.261 e. The number of H-pyrrole nitrogens is 1. The predicted octanol–water partition coefficient (Wildman–Crippen LogP) is 3.18. The lowest BCUT2D eigenvalue weighted by molar-refractivity contribution is 0.0719. The van der Waals surface area contributed by atoms with E-state index < -0.39 is 5.60 Å². The van der Waals surface area contributed by atoms with Gasteiger partial charge in [0.2, 0.25) is 0 Å². The van der Waals surface area contributed by atoms with Crippen LogP contribution < -0.4 is 10.9 Å². The third-order valence-corrected chi connectivity index (χ3v) is 6.02. The first-order chi connectivity index (χ1) is 13.9. The molecule has 2 aliphatic rings. The fourth-order valence-electron chi connectivity index (χ4n) is 4.53. The van der Waals surface area contributed by atoms with Gasteiger partial charge in [-0.2, -0.15) is 10.4 Å². The van der Waals surface area contributed by atoms with Crippen molar-refractivity contribution in [2.75, 3.05) is 5.32 Å². The van der Waals surface area contributed by atoms with Crippen LogP contribution in [-0.2, 0) is 12.8 Å². The molecule has 0 amide bonds. The number of aromatic amines is 1. The summed E-state index contributed by atoms with van der Waals surface area (Å²) in [5.74, 6) is 0.933. The number of aromatic nitrogens is 3. The topological polar surface area (TPSA) is 107 Å². The molecule has 2 heterocycles. The van der Waals surface area contributed by atoms with Crippen LogP contribution in [0.1, 0.15) is 43.4 Å². The second-order valence-electron chi connectivity index (χ2n) is 8.59. The Bertz CT molecular complexity index is 1200. The number of rotatable bonds is 5. The lowest BCUT2D eigenvalue weighted by Gasteiger charge is -2.14. The number of pyridine rings is 1. The van der Waals surface area contributed by atoms with Crippen molar-refractivity contribution in [1.29, 1.82) is 5.26 Å². The highest BCUT2D eigenvalue weighted by Gasteiger charge is 2.35. The highest BCUT2D eigenvalue weighted by molar-refractivity contribution is 5.91. The van der Waals surface area contributed by atoms with Crippen LogP contribution in [0.2, 0.25) is 0 Å². The van der Waals surface area contributed by atoms with E-state index in [1.165, 1.54) is 0 Å². The van der Waals surface area contributed by atoms with E-state index in [9.17, 15) is 15.2 Å². The van der Waals surface area contributed by atoms with E-state index in [0.29, 0.717) is 36.4 Å². The van der Waals surface area contributed by atoms with Gasteiger partial charge in [-0.05, 0) is 55.0 Å². The van der Waals surface area contributed by atoms with Gasteiger partial charge in [0.1, 0.15) is 5.39 Å². The van der Waals surface area contributed by atoms with Crippen molar-refractivity contribution in [2.24, 2.45) is 5.92 Å². The molecular formula is C22H23N5O2. The van der Waals surface area contributed by atoms with Crippen molar-refractivity contribution in [3.63, 3.8) is 0 Å². The van der Waals surface area contributed by atoms with E-state index in [-0.39, 0.29) is 11.6 Å². The minimum atomic E-state index is -0.707. The Balaban J connectivity index is 1.56. The number of nitriles is 1. The zero-order valence-electron chi connectivity index (χ0n) is 16.3. The lowest BCUT2D eigenvalue weighted by Crippen LogP contribution is -2.23. The molecule has 2 atom stereocenters. The summed E-state index contributed by atoms with van der Waals surface area (Å²) >= 11 is 0. The van der Waals surface area contributed by atoms with E-state index in [4.69, 9.17) is 5.10 Å². The Kier molecular flexibility index (Phi) is 4.00. The maximum atomic E-state index is 12.6. The molecule has 7 nitrogen and oxygen atoms in total. The molecule has 1 saturated carbocycles. The summed E-state index contributed by atoms with van der Waals surface area (Å²) in [7, 11) is 0. The van der Waals surface area contributed by atoms with Crippen molar-refractivity contribution in [2.45, 2.75) is 50.7 Å². The third kappa shape index (κ3) is 3.19. The molecule has 0 aliphatic heterocycles. The van der Waals surface area contributed by atoms with Crippen LogP contribution in [0.25, 0.3) is 10.9 Å². The zero-order chi connectivity index (χ0) is 20.2. The van der Waals surface area contributed by atoms with Gasteiger partial charge in [0.25, 0.3) is 5.56 Å².